The second kappa shape index (κ2) is 12.3. The highest BCUT2D eigenvalue weighted by molar-refractivity contribution is 5.88. The third-order valence-electron chi connectivity index (χ3n) is 8.36. The van der Waals surface area contributed by atoms with Crippen molar-refractivity contribution in [2.75, 3.05) is 13.7 Å². The number of ketones is 1. The first-order valence-corrected chi connectivity index (χ1v) is 13.0. The number of carbonyl (C=O) groups is 3. The lowest BCUT2D eigenvalue weighted by molar-refractivity contribution is -0.143. The molecule has 0 radical (unpaired) electrons. The van der Waals surface area contributed by atoms with Gasteiger partial charge in [0.15, 0.2) is 5.78 Å². The lowest BCUT2D eigenvalue weighted by Gasteiger charge is -2.44. The van der Waals surface area contributed by atoms with Gasteiger partial charge in [0, 0.05) is 43.9 Å². The first kappa shape index (κ1) is 29.0. The van der Waals surface area contributed by atoms with Gasteiger partial charge in [0.25, 0.3) is 6.47 Å². The van der Waals surface area contributed by atoms with Crippen molar-refractivity contribution in [3.8, 4) is 0 Å². The van der Waals surface area contributed by atoms with Crippen molar-refractivity contribution in [1.29, 1.82) is 0 Å². The molecule has 1 saturated carbocycles. The van der Waals surface area contributed by atoms with E-state index in [4.69, 9.17) is 14.2 Å². The molecule has 9 atom stereocenters. The molecule has 1 aromatic rings. The SMILES string of the molecule is COCC[C@@](C)(O)C(=O)[C@@H](C)C/C=C/[C@@H]1[C@@H](OC=O)[C@H]([C@H](Cc2ccccc2)NC=O)C(C)[C@@]2(C)O[C@@H]12. The lowest BCUT2D eigenvalue weighted by atomic mass is 9.64. The molecule has 8 nitrogen and oxygen atoms in total. The van der Waals surface area contributed by atoms with Crippen LogP contribution in [-0.4, -0.2) is 66.9 Å². The number of hydrogen-bond acceptors (Lipinski definition) is 7. The Morgan fingerprint density at radius 1 is 1.30 bits per heavy atom. The van der Waals surface area contributed by atoms with Gasteiger partial charge in [-0.25, -0.2) is 0 Å². The number of nitrogens with one attached hydrogen (secondary N) is 1. The van der Waals surface area contributed by atoms with E-state index in [1.165, 1.54) is 14.0 Å². The van der Waals surface area contributed by atoms with Gasteiger partial charge in [-0.1, -0.05) is 56.3 Å². The molecule has 0 aromatic heterocycles. The highest BCUT2D eigenvalue weighted by Gasteiger charge is 2.68. The zero-order chi connectivity index (χ0) is 27.2. The summed E-state index contributed by atoms with van der Waals surface area (Å²) in [5.41, 5.74) is -0.795. The fraction of sp³-hybridized carbons (Fsp3) is 0.621. The van der Waals surface area contributed by atoms with Crippen molar-refractivity contribution < 1.29 is 33.7 Å². The summed E-state index contributed by atoms with van der Waals surface area (Å²) in [6.07, 6.45) is 5.18. The number of benzene rings is 1. The molecule has 2 aliphatic rings. The van der Waals surface area contributed by atoms with Crippen molar-refractivity contribution in [1.82, 2.24) is 5.32 Å². The Morgan fingerprint density at radius 2 is 2.00 bits per heavy atom. The van der Waals surface area contributed by atoms with E-state index in [9.17, 15) is 19.5 Å². The minimum absolute atomic E-state index is 0.0182. The second-order valence-electron chi connectivity index (χ2n) is 10.9. The van der Waals surface area contributed by atoms with Crippen molar-refractivity contribution in [3.63, 3.8) is 0 Å². The summed E-state index contributed by atoms with van der Waals surface area (Å²) in [5, 5.41) is 13.5. The van der Waals surface area contributed by atoms with Gasteiger partial charge in [-0.2, -0.15) is 0 Å². The molecule has 0 bridgehead atoms. The number of fused-ring (bicyclic) bond motifs is 1. The van der Waals surface area contributed by atoms with Crippen LogP contribution in [0.5, 0.6) is 0 Å². The van der Waals surface area contributed by atoms with Gasteiger partial charge in [0.1, 0.15) is 11.7 Å². The predicted molar refractivity (Wildman–Crippen MR) is 139 cm³/mol. The molecule has 0 spiro atoms. The Morgan fingerprint density at radius 3 is 2.62 bits per heavy atom. The Labute approximate surface area is 219 Å². The maximum atomic E-state index is 12.8. The van der Waals surface area contributed by atoms with Crippen LogP contribution >= 0.6 is 0 Å². The summed E-state index contributed by atoms with van der Waals surface area (Å²) in [5.74, 6) is -1.05. The van der Waals surface area contributed by atoms with E-state index >= 15 is 0 Å². The van der Waals surface area contributed by atoms with Gasteiger partial charge < -0.3 is 24.6 Å². The molecule has 1 aliphatic carbocycles. The Kier molecular flexibility index (Phi) is 9.67. The molecule has 1 saturated heterocycles. The molecule has 8 heteroatoms. The molecule has 1 heterocycles. The van der Waals surface area contributed by atoms with Gasteiger partial charge in [0.05, 0.1) is 11.7 Å². The normalized spacial score (nSPS) is 32.0. The number of methoxy groups -OCH3 is 1. The van der Waals surface area contributed by atoms with Crippen LogP contribution in [0.3, 0.4) is 0 Å². The van der Waals surface area contributed by atoms with Crippen LogP contribution in [0.15, 0.2) is 42.5 Å². The van der Waals surface area contributed by atoms with Crippen molar-refractivity contribution >= 4 is 18.7 Å². The summed E-state index contributed by atoms with van der Waals surface area (Å²) >= 11 is 0. The molecule has 1 unspecified atom stereocenters. The molecular weight excluding hydrogens is 474 g/mol. The van der Waals surface area contributed by atoms with Gasteiger partial charge in [-0.3, -0.25) is 14.4 Å². The van der Waals surface area contributed by atoms with E-state index in [1.807, 2.05) is 42.5 Å². The number of amides is 1. The summed E-state index contributed by atoms with van der Waals surface area (Å²) in [6, 6.07) is 9.61. The number of rotatable bonds is 15. The van der Waals surface area contributed by atoms with E-state index in [0.717, 1.165) is 5.56 Å². The molecule has 2 fully saturated rings. The molecular formula is C29H41NO7. The van der Waals surface area contributed by atoms with Gasteiger partial charge >= 0.3 is 0 Å². The number of carbonyl (C=O) groups excluding carboxylic acids is 3. The first-order valence-electron chi connectivity index (χ1n) is 13.0. The number of epoxide rings is 1. The summed E-state index contributed by atoms with van der Waals surface area (Å²) in [7, 11) is 1.53. The van der Waals surface area contributed by atoms with Crippen LogP contribution in [0.1, 0.15) is 46.1 Å². The highest BCUT2D eigenvalue weighted by atomic mass is 16.6. The number of Topliss-reactive ketones (excluding diaryl/α,β-unsaturated/α-hetero) is 1. The average Bonchev–Trinajstić information content (AvgIpc) is 3.58. The van der Waals surface area contributed by atoms with Crippen molar-refractivity contribution in [2.45, 2.75) is 76.4 Å². The number of aliphatic hydroxyl groups is 1. The fourth-order valence-electron chi connectivity index (χ4n) is 5.96. The Bertz CT molecular complexity index is 949. The summed E-state index contributed by atoms with van der Waals surface area (Å²) in [4.78, 5) is 36.0. The van der Waals surface area contributed by atoms with Gasteiger partial charge in [-0.05, 0) is 38.2 Å². The number of allylic oxidation sites excluding steroid dienone is 1. The molecule has 1 aromatic carbocycles. The highest BCUT2D eigenvalue weighted by Crippen LogP contribution is 2.57. The largest absolute Gasteiger partial charge is 0.463 e. The quantitative estimate of drug-likeness (QED) is 0.210. The van der Waals surface area contributed by atoms with Crippen LogP contribution in [0.2, 0.25) is 0 Å². The molecule has 1 amide bonds. The average molecular weight is 516 g/mol. The van der Waals surface area contributed by atoms with Crippen LogP contribution in [0, 0.1) is 23.7 Å². The van der Waals surface area contributed by atoms with E-state index in [2.05, 4.69) is 19.2 Å². The van der Waals surface area contributed by atoms with E-state index < -0.39 is 23.2 Å². The monoisotopic (exact) mass is 515 g/mol. The third-order valence-corrected chi connectivity index (χ3v) is 8.36. The maximum absolute atomic E-state index is 12.8. The molecule has 2 N–H and O–H groups in total. The van der Waals surface area contributed by atoms with Crippen molar-refractivity contribution in [2.24, 2.45) is 23.7 Å². The molecule has 204 valence electrons. The van der Waals surface area contributed by atoms with Crippen LogP contribution in [0.25, 0.3) is 0 Å². The minimum Gasteiger partial charge on any atom is -0.463 e. The number of ether oxygens (including phenoxy) is 3. The van der Waals surface area contributed by atoms with Crippen LogP contribution < -0.4 is 5.32 Å². The van der Waals surface area contributed by atoms with Crippen LogP contribution in [0.4, 0.5) is 0 Å². The smallest absolute Gasteiger partial charge is 0.293 e. The maximum Gasteiger partial charge on any atom is 0.293 e. The zero-order valence-corrected chi connectivity index (χ0v) is 22.5. The number of hydrogen-bond donors (Lipinski definition) is 2. The fourth-order valence-corrected chi connectivity index (χ4v) is 5.96. The minimum atomic E-state index is -1.46. The molecule has 1 aliphatic heterocycles. The van der Waals surface area contributed by atoms with E-state index in [1.54, 1.807) is 6.92 Å². The first-order chi connectivity index (χ1) is 17.6. The van der Waals surface area contributed by atoms with E-state index in [-0.39, 0.29) is 42.1 Å². The Hall–Kier alpha value is -2.55. The third kappa shape index (κ3) is 6.48. The Balaban J connectivity index is 1.81. The topological polar surface area (TPSA) is 114 Å². The van der Waals surface area contributed by atoms with Crippen molar-refractivity contribution in [3.05, 3.63) is 48.0 Å². The molecule has 37 heavy (non-hydrogen) atoms. The summed E-state index contributed by atoms with van der Waals surface area (Å²) < 4.78 is 16.9. The van der Waals surface area contributed by atoms with Crippen LogP contribution in [-0.2, 0) is 35.0 Å². The zero-order valence-electron chi connectivity index (χ0n) is 22.5. The van der Waals surface area contributed by atoms with Gasteiger partial charge in [0.2, 0.25) is 6.41 Å². The standard InChI is InChI=1S/C29H41NO7/c1-19(26(33)28(3,34)14-15-35-5)10-9-13-22-25(36-18-32)24(20(2)29(4)27(22)37-29)23(30-17-31)16-21-11-7-6-8-12-21/h6-9,11-13,17-20,22-25,27,34H,10,14-16H2,1-5H3,(H,30,31)/b13-9+/t19-,20?,22+,23-,24-,25+,27-,28+,29+/m0/s1. The second-order valence-corrected chi connectivity index (χ2v) is 10.9. The summed E-state index contributed by atoms with van der Waals surface area (Å²) in [6.45, 7) is 8.22. The van der Waals surface area contributed by atoms with Gasteiger partial charge in [-0.15, -0.1) is 0 Å². The predicted octanol–water partition coefficient (Wildman–Crippen LogP) is 2.86. The lowest BCUT2D eigenvalue weighted by Crippen LogP contribution is -2.56. The molecule has 3 rings (SSSR count). The van der Waals surface area contributed by atoms with E-state index in [0.29, 0.717) is 32.3 Å².